The third kappa shape index (κ3) is 3.36. The van der Waals surface area contributed by atoms with Gasteiger partial charge >= 0.3 is 0 Å². The van der Waals surface area contributed by atoms with Gasteiger partial charge in [-0.2, -0.15) is 0 Å². The number of carbonyl (C=O) groups is 1. The first kappa shape index (κ1) is 17.1. The van der Waals surface area contributed by atoms with E-state index in [9.17, 15) is 4.79 Å². The summed E-state index contributed by atoms with van der Waals surface area (Å²) in [5.41, 5.74) is 4.73. The van der Waals surface area contributed by atoms with Gasteiger partial charge in [0.15, 0.2) is 5.78 Å². The number of Topliss-reactive ketones (excluding diaryl/α,β-unsaturated/α-hetero) is 1. The minimum Gasteiger partial charge on any atom is -0.495 e. The average Bonchev–Trinajstić information content (AvgIpc) is 3.34. The number of carbonyl (C=O) groups excluding carboxylic acids is 1. The Hall–Kier alpha value is -3.34. The highest BCUT2D eigenvalue weighted by atomic mass is 16.5. The second-order valence-corrected chi connectivity index (χ2v) is 6.59. The Morgan fingerprint density at radius 3 is 2.89 bits per heavy atom. The lowest BCUT2D eigenvalue weighted by atomic mass is 10.00. The van der Waals surface area contributed by atoms with Gasteiger partial charge in [0.2, 0.25) is 0 Å². The smallest absolute Gasteiger partial charge is 0.163 e. The number of nitrogens with zero attached hydrogens (tertiary/aromatic N) is 2. The number of nitrogens with one attached hydrogen (secondary N) is 1. The Labute approximate surface area is 157 Å². The van der Waals surface area contributed by atoms with Crippen LogP contribution in [-0.2, 0) is 6.42 Å². The number of ketones is 1. The van der Waals surface area contributed by atoms with Crippen LogP contribution in [0.1, 0.15) is 28.0 Å². The number of rotatable bonds is 6. The number of fused-ring (bicyclic) bond motifs is 1. The van der Waals surface area contributed by atoms with E-state index >= 15 is 0 Å². The van der Waals surface area contributed by atoms with Crippen molar-refractivity contribution in [2.24, 2.45) is 0 Å². The van der Waals surface area contributed by atoms with Crippen molar-refractivity contribution >= 4 is 16.7 Å². The van der Waals surface area contributed by atoms with E-state index in [1.807, 2.05) is 54.2 Å². The van der Waals surface area contributed by atoms with Crippen molar-refractivity contribution in [1.29, 1.82) is 0 Å². The van der Waals surface area contributed by atoms with Gasteiger partial charge in [-0.25, -0.2) is 4.98 Å². The minimum absolute atomic E-state index is 0.106. The number of imidazole rings is 1. The van der Waals surface area contributed by atoms with Crippen molar-refractivity contribution in [3.63, 3.8) is 0 Å². The molecule has 1 N–H and O–H groups in total. The lowest BCUT2D eigenvalue weighted by Crippen LogP contribution is -2.04. The first-order valence-electron chi connectivity index (χ1n) is 8.93. The summed E-state index contributed by atoms with van der Waals surface area (Å²) < 4.78 is 7.40. The third-order valence-electron chi connectivity index (χ3n) is 4.80. The number of H-pyrrole nitrogens is 1. The number of aromatic amines is 1. The van der Waals surface area contributed by atoms with Gasteiger partial charge in [-0.05, 0) is 49.2 Å². The minimum atomic E-state index is 0.106. The molecule has 0 bridgehead atoms. The fraction of sp³-hybridized carbons (Fsp3) is 0.182. The van der Waals surface area contributed by atoms with Gasteiger partial charge in [0.1, 0.15) is 5.75 Å². The van der Waals surface area contributed by atoms with Gasteiger partial charge in [-0.3, -0.25) is 4.79 Å². The number of aryl methyl sites for hydroxylation is 2. The van der Waals surface area contributed by atoms with Crippen molar-refractivity contribution in [3.05, 3.63) is 78.0 Å². The molecule has 2 heterocycles. The number of methoxy groups -OCH3 is 1. The average molecular weight is 359 g/mol. The van der Waals surface area contributed by atoms with Gasteiger partial charge < -0.3 is 14.3 Å². The molecular weight excluding hydrogens is 338 g/mol. The molecule has 0 unspecified atom stereocenters. The van der Waals surface area contributed by atoms with Crippen LogP contribution in [0.3, 0.4) is 0 Å². The van der Waals surface area contributed by atoms with Gasteiger partial charge in [-0.1, -0.05) is 12.1 Å². The zero-order valence-electron chi connectivity index (χ0n) is 15.4. The lowest BCUT2D eigenvalue weighted by Gasteiger charge is -2.11. The van der Waals surface area contributed by atoms with E-state index in [4.69, 9.17) is 4.74 Å². The molecule has 4 aromatic rings. The lowest BCUT2D eigenvalue weighted by molar-refractivity contribution is 0.0982. The number of ether oxygens (including phenoxy) is 1. The summed E-state index contributed by atoms with van der Waals surface area (Å²) in [5, 5.41) is 1.17. The Kier molecular flexibility index (Phi) is 4.50. The first-order chi connectivity index (χ1) is 13.2. The van der Waals surface area contributed by atoms with Crippen LogP contribution in [0.4, 0.5) is 0 Å². The molecule has 0 atom stereocenters. The molecule has 0 amide bonds. The van der Waals surface area contributed by atoms with E-state index in [0.29, 0.717) is 24.2 Å². The standard InChI is InChI=1S/C22H21N3O2/c1-15-13-25(14-24-15)20-8-6-17(12-22(20)27-2)21(26)9-7-16-4-3-5-19-18(16)10-11-23-19/h3-6,8,10-14,23H,7,9H2,1-2H3. The van der Waals surface area contributed by atoms with E-state index in [-0.39, 0.29) is 5.78 Å². The quantitative estimate of drug-likeness (QED) is 0.516. The molecule has 0 saturated heterocycles. The first-order valence-corrected chi connectivity index (χ1v) is 8.93. The predicted molar refractivity (Wildman–Crippen MR) is 106 cm³/mol. The molecule has 0 fully saturated rings. The van der Waals surface area contributed by atoms with Crippen LogP contribution in [0.5, 0.6) is 5.75 Å². The Balaban J connectivity index is 1.54. The molecule has 5 nitrogen and oxygen atoms in total. The summed E-state index contributed by atoms with van der Waals surface area (Å²) in [6.45, 7) is 1.94. The van der Waals surface area contributed by atoms with E-state index in [1.165, 1.54) is 10.9 Å². The molecule has 2 aromatic carbocycles. The van der Waals surface area contributed by atoms with Crippen LogP contribution in [0.15, 0.2) is 61.2 Å². The molecule has 5 heteroatoms. The monoisotopic (exact) mass is 359 g/mol. The zero-order valence-corrected chi connectivity index (χ0v) is 15.4. The molecule has 0 saturated carbocycles. The van der Waals surface area contributed by atoms with Crippen LogP contribution >= 0.6 is 0 Å². The van der Waals surface area contributed by atoms with Crippen LogP contribution in [-0.4, -0.2) is 27.4 Å². The fourth-order valence-corrected chi connectivity index (χ4v) is 3.38. The summed E-state index contributed by atoms with van der Waals surface area (Å²) in [7, 11) is 1.61. The molecule has 0 radical (unpaired) electrons. The summed E-state index contributed by atoms with van der Waals surface area (Å²) in [4.78, 5) is 20.2. The predicted octanol–water partition coefficient (Wildman–Crippen LogP) is 4.49. The summed E-state index contributed by atoms with van der Waals surface area (Å²) in [5.74, 6) is 0.764. The van der Waals surface area contributed by atoms with Gasteiger partial charge in [0.05, 0.1) is 24.8 Å². The second-order valence-electron chi connectivity index (χ2n) is 6.59. The van der Waals surface area contributed by atoms with Crippen molar-refractivity contribution in [1.82, 2.24) is 14.5 Å². The maximum absolute atomic E-state index is 12.7. The van der Waals surface area contributed by atoms with Crippen LogP contribution < -0.4 is 4.74 Å². The SMILES string of the molecule is COc1cc(C(=O)CCc2cccc3[nH]ccc23)ccc1-n1cnc(C)c1. The van der Waals surface area contributed by atoms with Gasteiger partial charge in [0.25, 0.3) is 0 Å². The second kappa shape index (κ2) is 7.11. The van der Waals surface area contributed by atoms with Crippen LogP contribution in [0.2, 0.25) is 0 Å². The molecule has 0 aliphatic rings. The molecule has 136 valence electrons. The number of hydrogen-bond acceptors (Lipinski definition) is 3. The molecule has 4 rings (SSSR count). The highest BCUT2D eigenvalue weighted by Crippen LogP contribution is 2.26. The maximum atomic E-state index is 12.7. The van der Waals surface area contributed by atoms with Gasteiger partial charge in [-0.15, -0.1) is 0 Å². The molecule has 27 heavy (non-hydrogen) atoms. The van der Waals surface area contributed by atoms with E-state index < -0.39 is 0 Å². The fourth-order valence-electron chi connectivity index (χ4n) is 3.38. The van der Waals surface area contributed by atoms with Crippen molar-refractivity contribution in [2.75, 3.05) is 7.11 Å². The Bertz CT molecular complexity index is 1110. The van der Waals surface area contributed by atoms with Crippen molar-refractivity contribution < 1.29 is 9.53 Å². The zero-order chi connectivity index (χ0) is 18.8. The topological polar surface area (TPSA) is 59.9 Å². The van der Waals surface area contributed by atoms with E-state index in [2.05, 4.69) is 22.1 Å². The Morgan fingerprint density at radius 1 is 1.22 bits per heavy atom. The number of aromatic nitrogens is 3. The molecular formula is C22H21N3O2. The van der Waals surface area contributed by atoms with Crippen LogP contribution in [0, 0.1) is 6.92 Å². The maximum Gasteiger partial charge on any atom is 0.163 e. The largest absolute Gasteiger partial charge is 0.495 e. The highest BCUT2D eigenvalue weighted by Gasteiger charge is 2.13. The van der Waals surface area contributed by atoms with Crippen LogP contribution in [0.25, 0.3) is 16.6 Å². The third-order valence-corrected chi connectivity index (χ3v) is 4.80. The van der Waals surface area contributed by atoms with Crippen molar-refractivity contribution in [3.8, 4) is 11.4 Å². The normalized spacial score (nSPS) is 11.0. The number of hydrogen-bond donors (Lipinski definition) is 1. The molecule has 2 aromatic heterocycles. The van der Waals surface area contributed by atoms with E-state index in [0.717, 1.165) is 16.9 Å². The van der Waals surface area contributed by atoms with Crippen molar-refractivity contribution in [2.45, 2.75) is 19.8 Å². The summed E-state index contributed by atoms with van der Waals surface area (Å²) in [6.07, 6.45) is 6.76. The molecule has 0 aliphatic carbocycles. The summed E-state index contributed by atoms with van der Waals surface area (Å²) in [6, 6.07) is 13.8. The highest BCUT2D eigenvalue weighted by molar-refractivity contribution is 5.97. The summed E-state index contributed by atoms with van der Waals surface area (Å²) >= 11 is 0. The molecule has 0 aliphatic heterocycles. The Morgan fingerprint density at radius 2 is 2.11 bits per heavy atom. The van der Waals surface area contributed by atoms with Gasteiger partial charge in [0, 0.05) is 35.3 Å². The number of benzene rings is 2. The molecule has 0 spiro atoms. The van der Waals surface area contributed by atoms with E-state index in [1.54, 1.807) is 13.4 Å².